The van der Waals surface area contributed by atoms with Gasteiger partial charge in [0.25, 0.3) is 0 Å². The van der Waals surface area contributed by atoms with Crippen LogP contribution in [-0.4, -0.2) is 5.11 Å². The van der Waals surface area contributed by atoms with E-state index in [0.717, 1.165) is 17.7 Å². The largest absolute Gasteiger partial charge is 0.454 e. The second kappa shape index (κ2) is 5.14. The number of rotatable bonds is 3. The molecule has 2 rings (SSSR count). The van der Waals surface area contributed by atoms with Crippen LogP contribution in [0.1, 0.15) is 18.6 Å². The Balaban J connectivity index is 2.18. The third-order valence-electron chi connectivity index (χ3n) is 2.48. The quantitative estimate of drug-likeness (QED) is 0.897. The standard InChI is InChI=1S/C14H12F2O2/c1-9(17)10-2-5-12(6-3-10)18-14-7-4-11(15)8-13(14)16/h2-9,17H,1H3/t9-/m1/s1. The molecule has 0 aliphatic rings. The summed E-state index contributed by atoms with van der Waals surface area (Å²) in [5, 5.41) is 9.34. The van der Waals surface area contributed by atoms with Crippen molar-refractivity contribution < 1.29 is 18.6 Å². The molecule has 2 aromatic rings. The summed E-state index contributed by atoms with van der Waals surface area (Å²) >= 11 is 0. The fourth-order valence-corrected chi connectivity index (χ4v) is 1.50. The van der Waals surface area contributed by atoms with Gasteiger partial charge in [-0.15, -0.1) is 0 Å². The summed E-state index contributed by atoms with van der Waals surface area (Å²) in [5.74, 6) is -1.02. The zero-order chi connectivity index (χ0) is 13.1. The average molecular weight is 250 g/mol. The molecule has 18 heavy (non-hydrogen) atoms. The maximum atomic E-state index is 13.3. The first-order valence-electron chi connectivity index (χ1n) is 5.47. The van der Waals surface area contributed by atoms with Crippen molar-refractivity contribution >= 4 is 0 Å². The highest BCUT2D eigenvalue weighted by molar-refractivity contribution is 5.34. The topological polar surface area (TPSA) is 29.5 Å². The van der Waals surface area contributed by atoms with Gasteiger partial charge in [0, 0.05) is 6.07 Å². The number of aliphatic hydroxyl groups excluding tert-OH is 1. The maximum absolute atomic E-state index is 13.3. The number of ether oxygens (including phenoxy) is 1. The summed E-state index contributed by atoms with van der Waals surface area (Å²) in [5.41, 5.74) is 0.738. The predicted molar refractivity (Wildman–Crippen MR) is 63.5 cm³/mol. The van der Waals surface area contributed by atoms with Gasteiger partial charge in [0.1, 0.15) is 11.6 Å². The third kappa shape index (κ3) is 2.84. The minimum absolute atomic E-state index is 0.0406. The van der Waals surface area contributed by atoms with E-state index in [1.54, 1.807) is 31.2 Å². The summed E-state index contributed by atoms with van der Waals surface area (Å²) in [6.07, 6.45) is -0.568. The van der Waals surface area contributed by atoms with Crippen LogP contribution in [0.3, 0.4) is 0 Å². The predicted octanol–water partition coefficient (Wildman–Crippen LogP) is 3.81. The van der Waals surface area contributed by atoms with E-state index in [1.807, 2.05) is 0 Å². The molecular formula is C14H12F2O2. The van der Waals surface area contributed by atoms with E-state index in [2.05, 4.69) is 0 Å². The van der Waals surface area contributed by atoms with E-state index in [0.29, 0.717) is 5.75 Å². The molecule has 2 aromatic carbocycles. The van der Waals surface area contributed by atoms with Crippen LogP contribution in [0, 0.1) is 11.6 Å². The van der Waals surface area contributed by atoms with Gasteiger partial charge in [-0.1, -0.05) is 12.1 Å². The van der Waals surface area contributed by atoms with Gasteiger partial charge in [-0.25, -0.2) is 8.78 Å². The zero-order valence-electron chi connectivity index (χ0n) is 9.73. The van der Waals surface area contributed by atoms with E-state index >= 15 is 0 Å². The summed E-state index contributed by atoms with van der Waals surface area (Å²) in [4.78, 5) is 0. The summed E-state index contributed by atoms with van der Waals surface area (Å²) in [7, 11) is 0. The van der Waals surface area contributed by atoms with Crippen LogP contribution >= 0.6 is 0 Å². The average Bonchev–Trinajstić information content (AvgIpc) is 2.33. The molecule has 2 nitrogen and oxygen atoms in total. The molecule has 0 amide bonds. The van der Waals surface area contributed by atoms with Gasteiger partial charge in [-0.3, -0.25) is 0 Å². The lowest BCUT2D eigenvalue weighted by atomic mass is 10.1. The van der Waals surface area contributed by atoms with Crippen LogP contribution in [0.15, 0.2) is 42.5 Å². The van der Waals surface area contributed by atoms with Gasteiger partial charge in [0.05, 0.1) is 6.10 Å². The highest BCUT2D eigenvalue weighted by Gasteiger charge is 2.06. The number of aliphatic hydroxyl groups is 1. The Morgan fingerprint density at radius 3 is 2.28 bits per heavy atom. The second-order valence-electron chi connectivity index (χ2n) is 3.92. The fraction of sp³-hybridized carbons (Fsp3) is 0.143. The lowest BCUT2D eigenvalue weighted by Crippen LogP contribution is -1.92. The first-order valence-corrected chi connectivity index (χ1v) is 5.47. The normalized spacial score (nSPS) is 12.2. The van der Waals surface area contributed by atoms with Crippen LogP contribution in [0.4, 0.5) is 8.78 Å². The Hall–Kier alpha value is -1.94. The number of hydrogen-bond donors (Lipinski definition) is 1. The van der Waals surface area contributed by atoms with Crippen LogP contribution in [0.5, 0.6) is 11.5 Å². The van der Waals surface area contributed by atoms with E-state index in [4.69, 9.17) is 4.74 Å². The molecule has 0 unspecified atom stereocenters. The van der Waals surface area contributed by atoms with Gasteiger partial charge >= 0.3 is 0 Å². The van der Waals surface area contributed by atoms with Crippen LogP contribution in [0.2, 0.25) is 0 Å². The molecule has 0 saturated carbocycles. The van der Waals surface area contributed by atoms with E-state index < -0.39 is 17.7 Å². The Kier molecular flexibility index (Phi) is 3.58. The molecule has 0 saturated heterocycles. The van der Waals surface area contributed by atoms with Crippen molar-refractivity contribution in [1.82, 2.24) is 0 Å². The monoisotopic (exact) mass is 250 g/mol. The molecule has 94 valence electrons. The van der Waals surface area contributed by atoms with Gasteiger partial charge in [0.2, 0.25) is 0 Å². The first-order chi connectivity index (χ1) is 8.56. The van der Waals surface area contributed by atoms with Crippen molar-refractivity contribution in [2.45, 2.75) is 13.0 Å². The van der Waals surface area contributed by atoms with Crippen molar-refractivity contribution in [3.8, 4) is 11.5 Å². The molecule has 1 N–H and O–H groups in total. The van der Waals surface area contributed by atoms with Crippen LogP contribution in [0.25, 0.3) is 0 Å². The lowest BCUT2D eigenvalue weighted by molar-refractivity contribution is 0.199. The van der Waals surface area contributed by atoms with Gasteiger partial charge in [0.15, 0.2) is 11.6 Å². The highest BCUT2D eigenvalue weighted by Crippen LogP contribution is 2.26. The number of hydrogen-bond acceptors (Lipinski definition) is 2. The molecule has 0 spiro atoms. The smallest absolute Gasteiger partial charge is 0.168 e. The third-order valence-corrected chi connectivity index (χ3v) is 2.48. The highest BCUT2D eigenvalue weighted by atomic mass is 19.1. The Morgan fingerprint density at radius 1 is 1.06 bits per heavy atom. The molecule has 0 aliphatic heterocycles. The van der Waals surface area contributed by atoms with Gasteiger partial charge in [-0.05, 0) is 36.8 Å². The Morgan fingerprint density at radius 2 is 1.72 bits per heavy atom. The van der Waals surface area contributed by atoms with Crippen molar-refractivity contribution in [3.63, 3.8) is 0 Å². The van der Waals surface area contributed by atoms with Crippen LogP contribution < -0.4 is 4.74 Å². The number of benzene rings is 2. The van der Waals surface area contributed by atoms with Crippen molar-refractivity contribution in [3.05, 3.63) is 59.7 Å². The SMILES string of the molecule is C[C@@H](O)c1ccc(Oc2ccc(F)cc2F)cc1. The summed E-state index contributed by atoms with van der Waals surface area (Å²) < 4.78 is 31.3. The second-order valence-corrected chi connectivity index (χ2v) is 3.92. The van der Waals surface area contributed by atoms with Crippen molar-refractivity contribution in [2.24, 2.45) is 0 Å². The van der Waals surface area contributed by atoms with Crippen molar-refractivity contribution in [1.29, 1.82) is 0 Å². The Labute approximate surface area is 103 Å². The van der Waals surface area contributed by atoms with Gasteiger partial charge in [-0.2, -0.15) is 0 Å². The molecule has 0 bridgehead atoms. The molecule has 0 fully saturated rings. The fourth-order valence-electron chi connectivity index (χ4n) is 1.50. The van der Waals surface area contributed by atoms with Crippen molar-refractivity contribution in [2.75, 3.05) is 0 Å². The van der Waals surface area contributed by atoms with E-state index in [1.165, 1.54) is 6.07 Å². The molecular weight excluding hydrogens is 238 g/mol. The van der Waals surface area contributed by atoms with E-state index in [9.17, 15) is 13.9 Å². The summed E-state index contributed by atoms with van der Waals surface area (Å²) in [6.45, 7) is 1.65. The van der Waals surface area contributed by atoms with Crippen LogP contribution in [-0.2, 0) is 0 Å². The minimum Gasteiger partial charge on any atom is -0.454 e. The van der Waals surface area contributed by atoms with Gasteiger partial charge < -0.3 is 9.84 Å². The summed E-state index contributed by atoms with van der Waals surface area (Å²) in [6, 6.07) is 9.72. The minimum atomic E-state index is -0.755. The maximum Gasteiger partial charge on any atom is 0.168 e. The molecule has 0 aliphatic carbocycles. The zero-order valence-corrected chi connectivity index (χ0v) is 9.73. The molecule has 4 heteroatoms. The number of halogens is 2. The van der Waals surface area contributed by atoms with E-state index in [-0.39, 0.29) is 5.75 Å². The first kappa shape index (κ1) is 12.5. The molecule has 0 heterocycles. The Bertz CT molecular complexity index is 536. The molecule has 0 aromatic heterocycles. The molecule has 1 atom stereocenters. The lowest BCUT2D eigenvalue weighted by Gasteiger charge is -2.08. The molecule has 0 radical (unpaired) electrons.